The van der Waals surface area contributed by atoms with Crippen LogP contribution >= 0.6 is 0 Å². The Labute approximate surface area is 106 Å². The lowest BCUT2D eigenvalue weighted by molar-refractivity contribution is 0.537. The van der Waals surface area contributed by atoms with Crippen LogP contribution in [-0.4, -0.2) is 14.5 Å². The Bertz CT molecular complexity index is 541. The quantitative estimate of drug-likeness (QED) is 0.850. The van der Waals surface area contributed by atoms with Crippen molar-refractivity contribution in [2.24, 2.45) is 11.7 Å². The van der Waals surface area contributed by atoms with E-state index < -0.39 is 15.8 Å². The predicted octanol–water partition coefficient (Wildman–Crippen LogP) is 1.36. The molecule has 1 unspecified atom stereocenters. The lowest BCUT2D eigenvalue weighted by Crippen LogP contribution is -2.34. The van der Waals surface area contributed by atoms with Gasteiger partial charge in [0.25, 0.3) is 0 Å². The average Bonchev–Trinajstić information content (AvgIpc) is 3.12. The number of benzene rings is 1. The highest BCUT2D eigenvalue weighted by Crippen LogP contribution is 2.33. The van der Waals surface area contributed by atoms with Crippen LogP contribution in [0.2, 0.25) is 0 Å². The summed E-state index contributed by atoms with van der Waals surface area (Å²) in [6.45, 7) is 1.83. The van der Waals surface area contributed by atoms with Gasteiger partial charge in [-0.15, -0.1) is 0 Å². The van der Waals surface area contributed by atoms with Crippen LogP contribution in [0.15, 0.2) is 23.1 Å². The van der Waals surface area contributed by atoms with Crippen molar-refractivity contribution in [3.05, 3.63) is 29.6 Å². The normalized spacial score (nSPS) is 17.7. The molecule has 1 aromatic rings. The number of rotatable bonds is 5. The minimum absolute atomic E-state index is 0.0205. The molecule has 18 heavy (non-hydrogen) atoms. The van der Waals surface area contributed by atoms with E-state index in [2.05, 4.69) is 4.72 Å². The van der Waals surface area contributed by atoms with Crippen molar-refractivity contribution in [1.29, 1.82) is 0 Å². The fourth-order valence-corrected chi connectivity index (χ4v) is 3.24. The smallest absolute Gasteiger partial charge is 0.240 e. The zero-order valence-electron chi connectivity index (χ0n) is 10.2. The van der Waals surface area contributed by atoms with Crippen LogP contribution in [0, 0.1) is 11.7 Å². The molecule has 0 saturated heterocycles. The molecule has 1 aromatic carbocycles. The molecule has 1 atom stereocenters. The first-order valence-electron chi connectivity index (χ1n) is 5.95. The van der Waals surface area contributed by atoms with E-state index >= 15 is 0 Å². The fourth-order valence-electron chi connectivity index (χ4n) is 1.88. The molecule has 0 aromatic heterocycles. The van der Waals surface area contributed by atoms with E-state index in [1.54, 1.807) is 0 Å². The molecule has 0 aliphatic heterocycles. The van der Waals surface area contributed by atoms with Crippen LogP contribution in [0.5, 0.6) is 0 Å². The molecule has 0 heterocycles. The van der Waals surface area contributed by atoms with E-state index in [1.807, 2.05) is 6.92 Å². The summed E-state index contributed by atoms with van der Waals surface area (Å²) in [5.41, 5.74) is 5.57. The van der Waals surface area contributed by atoms with Gasteiger partial charge in [-0.1, -0.05) is 0 Å². The third-order valence-corrected chi connectivity index (χ3v) is 4.77. The summed E-state index contributed by atoms with van der Waals surface area (Å²) in [5, 5.41) is 0. The molecule has 100 valence electrons. The first-order chi connectivity index (χ1) is 8.44. The van der Waals surface area contributed by atoms with E-state index in [0.29, 0.717) is 5.92 Å². The molecule has 4 nitrogen and oxygen atoms in total. The molecule has 0 spiro atoms. The lowest BCUT2D eigenvalue weighted by atomic mass is 10.2. The van der Waals surface area contributed by atoms with Gasteiger partial charge in [-0.25, -0.2) is 17.5 Å². The van der Waals surface area contributed by atoms with Crippen molar-refractivity contribution in [3.8, 4) is 0 Å². The highest BCUT2D eigenvalue weighted by Gasteiger charge is 2.31. The molecule has 3 N–H and O–H groups in total. The number of sulfonamides is 1. The largest absolute Gasteiger partial charge is 0.326 e. The number of nitrogens with two attached hydrogens (primary N) is 1. The van der Waals surface area contributed by atoms with Gasteiger partial charge in [-0.05, 0) is 43.9 Å². The summed E-state index contributed by atoms with van der Waals surface area (Å²) in [7, 11) is -3.59. The second-order valence-electron chi connectivity index (χ2n) is 4.70. The topological polar surface area (TPSA) is 72.2 Å². The number of hydrogen-bond donors (Lipinski definition) is 2. The summed E-state index contributed by atoms with van der Waals surface area (Å²) in [6.07, 6.45) is 2.11. The van der Waals surface area contributed by atoms with E-state index in [9.17, 15) is 12.8 Å². The minimum Gasteiger partial charge on any atom is -0.326 e. The van der Waals surface area contributed by atoms with Gasteiger partial charge in [0, 0.05) is 18.2 Å². The molecule has 1 aliphatic carbocycles. The number of hydrogen-bond acceptors (Lipinski definition) is 3. The number of halogens is 1. The molecule has 2 rings (SSSR count). The van der Waals surface area contributed by atoms with Gasteiger partial charge in [-0.2, -0.15) is 0 Å². The molecule has 6 heteroatoms. The number of nitrogens with one attached hydrogen (secondary N) is 1. The van der Waals surface area contributed by atoms with Crippen LogP contribution in [0.3, 0.4) is 0 Å². The SMILES string of the molecule is CC(NS(=O)(=O)c1ccc(F)c(CN)c1)C1CC1. The van der Waals surface area contributed by atoms with Crippen LogP contribution < -0.4 is 10.5 Å². The van der Waals surface area contributed by atoms with Crippen molar-refractivity contribution in [2.45, 2.75) is 37.2 Å². The Balaban J connectivity index is 2.23. The molecular weight excluding hydrogens is 255 g/mol. The Morgan fingerprint density at radius 3 is 2.72 bits per heavy atom. The van der Waals surface area contributed by atoms with Crippen molar-refractivity contribution in [3.63, 3.8) is 0 Å². The maximum absolute atomic E-state index is 13.3. The Morgan fingerprint density at radius 2 is 2.17 bits per heavy atom. The third-order valence-electron chi connectivity index (χ3n) is 3.22. The van der Waals surface area contributed by atoms with Crippen molar-refractivity contribution >= 4 is 10.0 Å². The van der Waals surface area contributed by atoms with Gasteiger partial charge in [0.1, 0.15) is 5.82 Å². The highest BCUT2D eigenvalue weighted by atomic mass is 32.2. The minimum atomic E-state index is -3.59. The maximum atomic E-state index is 13.3. The van der Waals surface area contributed by atoms with Crippen LogP contribution in [0.1, 0.15) is 25.3 Å². The predicted molar refractivity (Wildman–Crippen MR) is 66.8 cm³/mol. The summed E-state index contributed by atoms with van der Waals surface area (Å²) < 4.78 is 40.0. The summed E-state index contributed by atoms with van der Waals surface area (Å²) >= 11 is 0. The maximum Gasteiger partial charge on any atom is 0.240 e. The van der Waals surface area contributed by atoms with Gasteiger partial charge >= 0.3 is 0 Å². The fraction of sp³-hybridized carbons (Fsp3) is 0.500. The first kappa shape index (κ1) is 13.5. The first-order valence-corrected chi connectivity index (χ1v) is 7.43. The van der Waals surface area contributed by atoms with E-state index in [1.165, 1.54) is 12.1 Å². The van der Waals surface area contributed by atoms with E-state index in [4.69, 9.17) is 5.73 Å². The second kappa shape index (κ2) is 4.95. The molecular formula is C12H17FN2O2S. The van der Waals surface area contributed by atoms with Gasteiger partial charge in [0.15, 0.2) is 0 Å². The standard InChI is InChI=1S/C12H17FN2O2S/c1-8(9-2-3-9)15-18(16,17)11-4-5-12(13)10(6-11)7-14/h4-6,8-9,15H,2-3,7,14H2,1H3. The van der Waals surface area contributed by atoms with Crippen LogP contribution in [0.25, 0.3) is 0 Å². The summed E-state index contributed by atoms with van der Waals surface area (Å²) in [6, 6.07) is 3.60. The second-order valence-corrected chi connectivity index (χ2v) is 6.42. The van der Waals surface area contributed by atoms with Gasteiger partial charge in [0.05, 0.1) is 4.90 Å². The van der Waals surface area contributed by atoms with Crippen molar-refractivity contribution in [1.82, 2.24) is 4.72 Å². The van der Waals surface area contributed by atoms with Gasteiger partial charge in [0.2, 0.25) is 10.0 Å². The summed E-state index contributed by atoms with van der Waals surface area (Å²) in [5.74, 6) is -0.0547. The molecule has 1 saturated carbocycles. The lowest BCUT2D eigenvalue weighted by Gasteiger charge is -2.14. The highest BCUT2D eigenvalue weighted by molar-refractivity contribution is 7.89. The molecule has 0 radical (unpaired) electrons. The van der Waals surface area contributed by atoms with Crippen LogP contribution in [-0.2, 0) is 16.6 Å². The van der Waals surface area contributed by atoms with Crippen LogP contribution in [0.4, 0.5) is 4.39 Å². The van der Waals surface area contributed by atoms with E-state index in [-0.39, 0.29) is 23.0 Å². The molecule has 0 bridgehead atoms. The van der Waals surface area contributed by atoms with Crippen molar-refractivity contribution < 1.29 is 12.8 Å². The molecule has 1 fully saturated rings. The average molecular weight is 272 g/mol. The zero-order valence-corrected chi connectivity index (χ0v) is 11.0. The summed E-state index contributed by atoms with van der Waals surface area (Å²) in [4.78, 5) is 0.0665. The third kappa shape index (κ3) is 2.88. The van der Waals surface area contributed by atoms with Gasteiger partial charge in [-0.3, -0.25) is 0 Å². The molecule has 1 aliphatic rings. The zero-order chi connectivity index (χ0) is 13.3. The van der Waals surface area contributed by atoms with Crippen molar-refractivity contribution in [2.75, 3.05) is 0 Å². The van der Waals surface area contributed by atoms with E-state index in [0.717, 1.165) is 18.9 Å². The Hall–Kier alpha value is -0.980. The van der Waals surface area contributed by atoms with Gasteiger partial charge < -0.3 is 5.73 Å². The monoisotopic (exact) mass is 272 g/mol. The molecule has 0 amide bonds. The Morgan fingerprint density at radius 1 is 1.50 bits per heavy atom. The Kier molecular flexibility index (Phi) is 3.70.